The van der Waals surface area contributed by atoms with Crippen LogP contribution in [-0.2, 0) is 9.53 Å². The minimum absolute atomic E-state index is 0.0121. The van der Waals surface area contributed by atoms with Crippen molar-refractivity contribution >= 4 is 5.97 Å². The number of hydrogen-bond donors (Lipinski definition) is 0. The van der Waals surface area contributed by atoms with Crippen LogP contribution >= 0.6 is 0 Å². The van der Waals surface area contributed by atoms with Gasteiger partial charge in [-0.25, -0.2) is 0 Å². The average molecular weight is 451 g/mol. The van der Waals surface area contributed by atoms with Crippen molar-refractivity contribution in [2.75, 3.05) is 7.11 Å². The second kappa shape index (κ2) is 6.88. The number of methoxy groups -OCH3 is 1. The van der Waals surface area contributed by atoms with E-state index >= 15 is 0 Å². The monoisotopic (exact) mass is 450 g/mol. The van der Waals surface area contributed by atoms with Crippen LogP contribution in [0.4, 0.5) is 0 Å². The van der Waals surface area contributed by atoms with E-state index in [0.717, 1.165) is 38.0 Å². The molecule has 6 atom stereocenters. The predicted octanol–water partition coefficient (Wildman–Crippen LogP) is 8.05. The minimum Gasteiger partial charge on any atom is -0.468 e. The van der Waals surface area contributed by atoms with Crippen molar-refractivity contribution < 1.29 is 9.53 Å². The SMILES string of the molecule is COC(=O)[C@]12CCC(C)(C)CC1=C1C=C[C@@H]3[C@@]4(C)CC=CC(C)(C)C4CC[C@@]3(C)[C@]1(C)CC2. The molecule has 0 spiro atoms. The fraction of sp³-hybridized carbons (Fsp3) is 0.774. The molecule has 0 N–H and O–H groups in total. The molecule has 0 bridgehead atoms. The molecule has 2 heteroatoms. The molecule has 0 aliphatic heterocycles. The van der Waals surface area contributed by atoms with Crippen LogP contribution in [0.5, 0.6) is 0 Å². The number of allylic oxidation sites excluding steroid dienone is 5. The number of hydrogen-bond acceptors (Lipinski definition) is 2. The van der Waals surface area contributed by atoms with Crippen molar-refractivity contribution in [2.24, 2.45) is 44.3 Å². The quantitative estimate of drug-likeness (QED) is 0.298. The van der Waals surface area contributed by atoms with Crippen LogP contribution in [0.2, 0.25) is 0 Å². The van der Waals surface area contributed by atoms with Crippen molar-refractivity contribution in [3.63, 3.8) is 0 Å². The zero-order valence-corrected chi connectivity index (χ0v) is 22.4. The summed E-state index contributed by atoms with van der Waals surface area (Å²) < 4.78 is 5.47. The molecule has 1 unspecified atom stereocenters. The summed E-state index contributed by atoms with van der Waals surface area (Å²) in [4.78, 5) is 13.3. The molecule has 182 valence electrons. The Hall–Kier alpha value is -1.31. The Bertz CT molecular complexity index is 963. The summed E-state index contributed by atoms with van der Waals surface area (Å²) in [5.74, 6) is 1.31. The summed E-state index contributed by atoms with van der Waals surface area (Å²) in [6, 6.07) is 0. The number of ether oxygens (including phenoxy) is 1. The van der Waals surface area contributed by atoms with Gasteiger partial charge in [0.05, 0.1) is 12.5 Å². The Morgan fingerprint density at radius 1 is 0.970 bits per heavy atom. The number of rotatable bonds is 1. The molecule has 0 aromatic rings. The molecule has 5 rings (SSSR count). The van der Waals surface area contributed by atoms with Gasteiger partial charge in [-0.3, -0.25) is 4.79 Å². The molecule has 2 fully saturated rings. The molecule has 5 aliphatic carbocycles. The normalized spacial score (nSPS) is 47.2. The van der Waals surface area contributed by atoms with E-state index in [9.17, 15) is 4.79 Å². The lowest BCUT2D eigenvalue weighted by molar-refractivity contribution is -0.157. The molecule has 5 aliphatic rings. The highest BCUT2D eigenvalue weighted by Crippen LogP contribution is 2.73. The van der Waals surface area contributed by atoms with Crippen molar-refractivity contribution in [3.8, 4) is 0 Å². The lowest BCUT2D eigenvalue weighted by Gasteiger charge is -2.68. The van der Waals surface area contributed by atoms with Crippen LogP contribution in [-0.4, -0.2) is 13.1 Å². The molecule has 0 heterocycles. The van der Waals surface area contributed by atoms with Gasteiger partial charge in [0.1, 0.15) is 0 Å². The van der Waals surface area contributed by atoms with Crippen LogP contribution in [0, 0.1) is 44.3 Å². The predicted molar refractivity (Wildman–Crippen MR) is 136 cm³/mol. The van der Waals surface area contributed by atoms with E-state index in [-0.39, 0.29) is 27.6 Å². The Balaban J connectivity index is 1.69. The van der Waals surface area contributed by atoms with Crippen LogP contribution in [0.1, 0.15) is 99.8 Å². The van der Waals surface area contributed by atoms with Crippen LogP contribution < -0.4 is 0 Å². The molecule has 0 aromatic heterocycles. The Morgan fingerprint density at radius 2 is 1.67 bits per heavy atom. The first-order valence-electron chi connectivity index (χ1n) is 13.4. The number of carbonyl (C=O) groups is 1. The minimum atomic E-state index is -0.399. The molecule has 0 aromatic carbocycles. The third-order valence-corrected chi connectivity index (χ3v) is 11.9. The van der Waals surface area contributed by atoms with Crippen LogP contribution in [0.25, 0.3) is 0 Å². The van der Waals surface area contributed by atoms with Gasteiger partial charge in [-0.15, -0.1) is 0 Å². The van der Waals surface area contributed by atoms with E-state index < -0.39 is 5.41 Å². The number of carbonyl (C=O) groups excluding carboxylic acids is 1. The summed E-state index contributed by atoms with van der Waals surface area (Å²) in [6.07, 6.45) is 18.9. The molecule has 0 saturated heterocycles. The van der Waals surface area contributed by atoms with Crippen LogP contribution in [0.3, 0.4) is 0 Å². The lowest BCUT2D eigenvalue weighted by atomic mass is 9.36. The van der Waals surface area contributed by atoms with E-state index in [1.807, 2.05) is 0 Å². The molecule has 0 amide bonds. The first kappa shape index (κ1) is 23.4. The van der Waals surface area contributed by atoms with Crippen molar-refractivity contribution in [1.29, 1.82) is 0 Å². The van der Waals surface area contributed by atoms with E-state index in [1.165, 1.54) is 30.4 Å². The van der Waals surface area contributed by atoms with Gasteiger partial charge in [0.15, 0.2) is 0 Å². The molecular weight excluding hydrogens is 404 g/mol. The molecule has 2 saturated carbocycles. The van der Waals surface area contributed by atoms with E-state index in [1.54, 1.807) is 7.11 Å². The maximum atomic E-state index is 13.3. The molecular formula is C31H46O2. The zero-order valence-electron chi connectivity index (χ0n) is 22.4. The molecule has 33 heavy (non-hydrogen) atoms. The largest absolute Gasteiger partial charge is 0.468 e. The van der Waals surface area contributed by atoms with Gasteiger partial charge in [0.2, 0.25) is 0 Å². The zero-order chi connectivity index (χ0) is 24.1. The number of fused-ring (bicyclic) bond motifs is 6. The maximum Gasteiger partial charge on any atom is 0.315 e. The fourth-order valence-electron chi connectivity index (χ4n) is 9.74. The first-order valence-corrected chi connectivity index (χ1v) is 13.4. The van der Waals surface area contributed by atoms with Gasteiger partial charge in [0.25, 0.3) is 0 Å². The Labute approximate surface area is 202 Å². The second-order valence-electron chi connectivity index (χ2n) is 14.4. The van der Waals surface area contributed by atoms with Crippen molar-refractivity contribution in [2.45, 2.75) is 99.8 Å². The van der Waals surface area contributed by atoms with E-state index in [0.29, 0.717) is 11.3 Å². The van der Waals surface area contributed by atoms with Gasteiger partial charge < -0.3 is 4.74 Å². The summed E-state index contributed by atoms with van der Waals surface area (Å²) in [5, 5.41) is 0. The Kier molecular flexibility index (Phi) is 4.89. The third kappa shape index (κ3) is 2.88. The molecule has 0 radical (unpaired) electrons. The molecule has 2 nitrogen and oxygen atoms in total. The summed E-state index contributed by atoms with van der Waals surface area (Å²) in [7, 11) is 1.58. The average Bonchev–Trinajstić information content (AvgIpc) is 2.72. The number of esters is 1. The maximum absolute atomic E-state index is 13.3. The standard InChI is InChI=1S/C31H46O2/c1-26(2)16-18-31(25(32)33-8)19-17-29(6)21(22(31)20-26)10-11-24-28(5)14-9-13-27(3,4)23(28)12-15-30(24,29)7/h9-11,13,23-24H,12,14-20H2,1-8H3/t23?,24-,28+,29-,30-,31+/m1/s1. The van der Waals surface area contributed by atoms with Gasteiger partial charge >= 0.3 is 5.97 Å². The fourth-order valence-corrected chi connectivity index (χ4v) is 9.74. The second-order valence-corrected chi connectivity index (χ2v) is 14.4. The summed E-state index contributed by atoms with van der Waals surface area (Å²) >= 11 is 0. The van der Waals surface area contributed by atoms with Gasteiger partial charge in [-0.1, -0.05) is 72.8 Å². The summed E-state index contributed by atoms with van der Waals surface area (Å²) in [6.45, 7) is 17.4. The highest BCUT2D eigenvalue weighted by Gasteiger charge is 2.66. The van der Waals surface area contributed by atoms with Gasteiger partial charge in [0, 0.05) is 0 Å². The van der Waals surface area contributed by atoms with Crippen LogP contribution in [0.15, 0.2) is 35.5 Å². The van der Waals surface area contributed by atoms with E-state index in [2.05, 4.69) is 72.8 Å². The van der Waals surface area contributed by atoms with Gasteiger partial charge in [-0.2, -0.15) is 0 Å². The third-order valence-electron chi connectivity index (χ3n) is 11.9. The van der Waals surface area contributed by atoms with Gasteiger partial charge in [-0.05, 0) is 101 Å². The smallest absolute Gasteiger partial charge is 0.315 e. The first-order chi connectivity index (χ1) is 15.3. The van der Waals surface area contributed by atoms with Crippen molar-refractivity contribution in [3.05, 3.63) is 35.5 Å². The highest BCUT2D eigenvalue weighted by atomic mass is 16.5. The highest BCUT2D eigenvalue weighted by molar-refractivity contribution is 5.82. The Morgan fingerprint density at radius 3 is 2.36 bits per heavy atom. The van der Waals surface area contributed by atoms with E-state index in [4.69, 9.17) is 4.74 Å². The lowest BCUT2D eigenvalue weighted by Crippen LogP contribution is -2.61. The summed E-state index contributed by atoms with van der Waals surface area (Å²) in [5.41, 5.74) is 3.66. The van der Waals surface area contributed by atoms with Crippen molar-refractivity contribution in [1.82, 2.24) is 0 Å². The topological polar surface area (TPSA) is 26.3 Å².